The smallest absolute Gasteiger partial charge is 0.331 e. The minimum atomic E-state index is -0.831. The average Bonchev–Trinajstić information content (AvgIpc) is 2.30. The van der Waals surface area contributed by atoms with Crippen LogP contribution in [-0.2, 0) is 11.2 Å². The Morgan fingerprint density at radius 2 is 1.88 bits per heavy atom. The van der Waals surface area contributed by atoms with Crippen molar-refractivity contribution in [3.63, 3.8) is 0 Å². The van der Waals surface area contributed by atoms with E-state index < -0.39 is 5.97 Å². The molecule has 16 heavy (non-hydrogen) atoms. The van der Waals surface area contributed by atoms with Crippen molar-refractivity contribution in [2.45, 2.75) is 33.6 Å². The number of aryl methyl sites for hydroxylation is 1. The van der Waals surface area contributed by atoms with Crippen LogP contribution in [0.1, 0.15) is 38.3 Å². The molecule has 0 saturated carbocycles. The molecule has 0 fully saturated rings. The molecule has 0 radical (unpaired) electrons. The molecule has 0 aliphatic rings. The zero-order valence-electron chi connectivity index (χ0n) is 10.1. The highest BCUT2D eigenvalue weighted by Crippen LogP contribution is 2.25. The average molecular weight is 218 g/mol. The van der Waals surface area contributed by atoms with E-state index in [0.29, 0.717) is 5.57 Å². The second-order valence-corrected chi connectivity index (χ2v) is 3.77. The molecule has 1 N–H and O–H groups in total. The van der Waals surface area contributed by atoms with Gasteiger partial charge in [0.2, 0.25) is 0 Å². The maximum absolute atomic E-state index is 11.0. The molecule has 0 aliphatic carbocycles. The molecule has 1 rings (SSSR count). The molecule has 0 atom stereocenters. The van der Waals surface area contributed by atoms with Crippen molar-refractivity contribution in [1.82, 2.24) is 0 Å². The van der Waals surface area contributed by atoms with Gasteiger partial charge in [0.25, 0.3) is 0 Å². The Bertz CT molecular complexity index is 416. The van der Waals surface area contributed by atoms with E-state index in [0.717, 1.165) is 24.0 Å². The maximum atomic E-state index is 11.0. The fourth-order valence-corrected chi connectivity index (χ4v) is 1.91. The van der Waals surface area contributed by atoms with Gasteiger partial charge in [-0.25, -0.2) is 4.79 Å². The molecule has 86 valence electrons. The number of rotatable bonds is 4. The highest BCUT2D eigenvalue weighted by molar-refractivity contribution is 5.96. The molecule has 0 aliphatic heterocycles. The van der Waals surface area contributed by atoms with Crippen molar-refractivity contribution in [2.24, 2.45) is 0 Å². The predicted molar refractivity (Wildman–Crippen MR) is 66.3 cm³/mol. The van der Waals surface area contributed by atoms with Gasteiger partial charge in [0.1, 0.15) is 0 Å². The van der Waals surface area contributed by atoms with Crippen LogP contribution in [0.2, 0.25) is 0 Å². The Kier molecular flexibility index (Phi) is 4.29. The second-order valence-electron chi connectivity index (χ2n) is 3.77. The third-order valence-electron chi connectivity index (χ3n) is 2.85. The molecule has 0 heterocycles. The van der Waals surface area contributed by atoms with E-state index in [-0.39, 0.29) is 0 Å². The highest BCUT2D eigenvalue weighted by atomic mass is 16.4. The normalized spacial score (nSPS) is 12.2. The Morgan fingerprint density at radius 3 is 2.38 bits per heavy atom. The summed E-state index contributed by atoms with van der Waals surface area (Å²) < 4.78 is 0. The SMILES string of the molecule is CCC(=C(C)C(=O)O)c1ccccc1CC. The third kappa shape index (κ3) is 2.51. The molecule has 0 bridgehead atoms. The molecule has 1 aromatic carbocycles. The lowest BCUT2D eigenvalue weighted by molar-refractivity contribution is -0.132. The summed E-state index contributed by atoms with van der Waals surface area (Å²) in [6.07, 6.45) is 1.67. The van der Waals surface area contributed by atoms with Crippen molar-refractivity contribution in [3.05, 3.63) is 41.0 Å². The van der Waals surface area contributed by atoms with E-state index in [1.165, 1.54) is 5.56 Å². The first-order valence-electron chi connectivity index (χ1n) is 5.63. The van der Waals surface area contributed by atoms with Crippen molar-refractivity contribution >= 4 is 11.5 Å². The Hall–Kier alpha value is -1.57. The van der Waals surface area contributed by atoms with E-state index in [4.69, 9.17) is 5.11 Å². The molecule has 0 aromatic heterocycles. The number of hydrogen-bond donors (Lipinski definition) is 1. The van der Waals surface area contributed by atoms with Gasteiger partial charge in [0.05, 0.1) is 0 Å². The van der Waals surface area contributed by atoms with Gasteiger partial charge < -0.3 is 5.11 Å². The lowest BCUT2D eigenvalue weighted by Crippen LogP contribution is -2.02. The van der Waals surface area contributed by atoms with Crippen molar-refractivity contribution in [3.8, 4) is 0 Å². The lowest BCUT2D eigenvalue weighted by atomic mass is 9.93. The van der Waals surface area contributed by atoms with Crippen LogP contribution in [0.5, 0.6) is 0 Å². The van der Waals surface area contributed by atoms with E-state index in [1.807, 2.05) is 25.1 Å². The molecular formula is C14H18O2. The predicted octanol–water partition coefficient (Wildman–Crippen LogP) is 3.52. The van der Waals surface area contributed by atoms with Gasteiger partial charge in [-0.2, -0.15) is 0 Å². The number of carboxylic acid groups (broad SMARTS) is 1. The second kappa shape index (κ2) is 5.50. The van der Waals surface area contributed by atoms with Crippen molar-refractivity contribution in [2.75, 3.05) is 0 Å². The van der Waals surface area contributed by atoms with Crippen molar-refractivity contribution in [1.29, 1.82) is 0 Å². The van der Waals surface area contributed by atoms with Gasteiger partial charge in [-0.05, 0) is 36.5 Å². The summed E-state index contributed by atoms with van der Waals surface area (Å²) in [5, 5.41) is 9.05. The highest BCUT2D eigenvalue weighted by Gasteiger charge is 2.11. The third-order valence-corrected chi connectivity index (χ3v) is 2.85. The largest absolute Gasteiger partial charge is 0.478 e. The first kappa shape index (κ1) is 12.5. The van der Waals surface area contributed by atoms with Crippen molar-refractivity contribution < 1.29 is 9.90 Å². The first-order valence-corrected chi connectivity index (χ1v) is 5.63. The fourth-order valence-electron chi connectivity index (χ4n) is 1.91. The molecule has 2 heteroatoms. The minimum absolute atomic E-state index is 0.448. The van der Waals surface area contributed by atoms with E-state index in [2.05, 4.69) is 13.0 Å². The van der Waals surface area contributed by atoms with Crippen LogP contribution in [0.3, 0.4) is 0 Å². The summed E-state index contributed by atoms with van der Waals surface area (Å²) in [6.45, 7) is 5.75. The summed E-state index contributed by atoms with van der Waals surface area (Å²) in [4.78, 5) is 11.0. The minimum Gasteiger partial charge on any atom is -0.478 e. The summed E-state index contributed by atoms with van der Waals surface area (Å²) in [6, 6.07) is 8.01. The van der Waals surface area contributed by atoms with Crippen LogP contribution >= 0.6 is 0 Å². The van der Waals surface area contributed by atoms with Crippen LogP contribution in [0.4, 0.5) is 0 Å². The number of allylic oxidation sites excluding steroid dienone is 1. The molecule has 0 spiro atoms. The van der Waals surface area contributed by atoms with Crippen LogP contribution in [0, 0.1) is 0 Å². The zero-order chi connectivity index (χ0) is 12.1. The van der Waals surface area contributed by atoms with E-state index in [9.17, 15) is 4.79 Å². The van der Waals surface area contributed by atoms with E-state index >= 15 is 0 Å². The quantitative estimate of drug-likeness (QED) is 0.785. The summed E-state index contributed by atoms with van der Waals surface area (Å²) in [7, 11) is 0. The maximum Gasteiger partial charge on any atom is 0.331 e. The van der Waals surface area contributed by atoms with Crippen LogP contribution in [0.15, 0.2) is 29.8 Å². The molecule has 0 amide bonds. The van der Waals surface area contributed by atoms with Gasteiger partial charge in [0, 0.05) is 5.57 Å². The number of hydrogen-bond acceptors (Lipinski definition) is 1. The Labute approximate surface area is 96.6 Å². The molecule has 0 saturated heterocycles. The number of aliphatic carboxylic acids is 1. The fraction of sp³-hybridized carbons (Fsp3) is 0.357. The van der Waals surface area contributed by atoms with Crippen LogP contribution in [0.25, 0.3) is 5.57 Å². The Morgan fingerprint density at radius 1 is 1.25 bits per heavy atom. The lowest BCUT2D eigenvalue weighted by Gasteiger charge is -2.12. The van der Waals surface area contributed by atoms with E-state index in [1.54, 1.807) is 6.92 Å². The standard InChI is InChI=1S/C14H18O2/c1-4-11-8-6-7-9-13(11)12(5-2)10(3)14(15)16/h6-9H,4-5H2,1-3H3,(H,15,16). The van der Waals surface area contributed by atoms with Crippen LogP contribution < -0.4 is 0 Å². The molecule has 2 nitrogen and oxygen atoms in total. The summed E-state index contributed by atoms with van der Waals surface area (Å²) in [5.41, 5.74) is 3.67. The monoisotopic (exact) mass is 218 g/mol. The molecular weight excluding hydrogens is 200 g/mol. The summed E-state index contributed by atoms with van der Waals surface area (Å²) in [5.74, 6) is -0.831. The zero-order valence-corrected chi connectivity index (χ0v) is 10.1. The number of carbonyl (C=O) groups is 1. The topological polar surface area (TPSA) is 37.3 Å². The van der Waals surface area contributed by atoms with Gasteiger partial charge in [-0.15, -0.1) is 0 Å². The Balaban J connectivity index is 3.34. The number of benzene rings is 1. The summed E-state index contributed by atoms with van der Waals surface area (Å²) >= 11 is 0. The van der Waals surface area contributed by atoms with Gasteiger partial charge in [0.15, 0.2) is 0 Å². The number of carboxylic acids is 1. The van der Waals surface area contributed by atoms with Gasteiger partial charge in [-0.3, -0.25) is 0 Å². The first-order chi connectivity index (χ1) is 7.61. The molecule has 0 unspecified atom stereocenters. The van der Waals surface area contributed by atoms with Gasteiger partial charge >= 0.3 is 5.97 Å². The van der Waals surface area contributed by atoms with Crippen LogP contribution in [-0.4, -0.2) is 11.1 Å². The molecule has 1 aromatic rings. The van der Waals surface area contributed by atoms with Gasteiger partial charge in [-0.1, -0.05) is 38.1 Å².